The van der Waals surface area contributed by atoms with Gasteiger partial charge in [-0.05, 0) is 18.4 Å². The molecular weight excluding hydrogens is 166 g/mol. The van der Waals surface area contributed by atoms with Gasteiger partial charge in [-0.25, -0.2) is 0 Å². The summed E-state index contributed by atoms with van der Waals surface area (Å²) in [5.41, 5.74) is 0. The van der Waals surface area contributed by atoms with Gasteiger partial charge in [-0.15, -0.1) is 0 Å². The molecule has 2 N–H and O–H groups in total. The molecule has 0 aliphatic carbocycles. The van der Waals surface area contributed by atoms with Crippen molar-refractivity contribution in [3.05, 3.63) is 11.8 Å². The van der Waals surface area contributed by atoms with Crippen LogP contribution in [-0.2, 0) is 4.79 Å². The number of hydrogen-bond donors (Lipinski definition) is 2. The monoisotopic (exact) mass is 183 g/mol. The van der Waals surface area contributed by atoms with Crippen molar-refractivity contribution in [3.63, 3.8) is 0 Å². The zero-order chi connectivity index (χ0) is 9.68. The quantitative estimate of drug-likeness (QED) is 0.652. The average molecular weight is 183 g/mol. The van der Waals surface area contributed by atoms with Crippen LogP contribution in [0.4, 0.5) is 0 Å². The first kappa shape index (κ1) is 10.1. The third-order valence-corrected chi connectivity index (χ3v) is 2.33. The number of aliphatic hydroxyl groups is 1. The van der Waals surface area contributed by atoms with Crippen LogP contribution in [0.15, 0.2) is 11.8 Å². The number of carbonyl (C=O) groups is 1. The van der Waals surface area contributed by atoms with E-state index < -0.39 is 0 Å². The number of unbranched alkanes of at least 4 members (excludes halogenated alkanes) is 2. The first-order valence-electron chi connectivity index (χ1n) is 4.93. The van der Waals surface area contributed by atoms with E-state index in [9.17, 15) is 4.79 Å². The van der Waals surface area contributed by atoms with E-state index >= 15 is 0 Å². The molecule has 1 rings (SSSR count). The zero-order valence-electron chi connectivity index (χ0n) is 8.05. The summed E-state index contributed by atoms with van der Waals surface area (Å²) in [5.74, 6) is -0.135. The number of nitrogens with one attached hydrogen (secondary N) is 1. The van der Waals surface area contributed by atoms with Crippen molar-refractivity contribution >= 4 is 5.91 Å². The smallest absolute Gasteiger partial charge is 0.285 e. The molecule has 1 heterocycles. The Morgan fingerprint density at radius 2 is 2.38 bits per heavy atom. The van der Waals surface area contributed by atoms with Crippen LogP contribution in [0.25, 0.3) is 0 Å². The molecule has 1 aliphatic heterocycles. The van der Waals surface area contributed by atoms with Gasteiger partial charge in [0.15, 0.2) is 5.76 Å². The Morgan fingerprint density at radius 1 is 1.62 bits per heavy atom. The fourth-order valence-corrected chi connectivity index (χ4v) is 1.51. The van der Waals surface area contributed by atoms with Gasteiger partial charge in [0.1, 0.15) is 0 Å². The highest BCUT2D eigenvalue weighted by molar-refractivity contribution is 5.91. The second-order valence-electron chi connectivity index (χ2n) is 3.52. The second-order valence-corrected chi connectivity index (χ2v) is 3.52. The van der Waals surface area contributed by atoms with Crippen LogP contribution in [0.1, 0.15) is 32.6 Å². The molecule has 0 saturated carbocycles. The third-order valence-electron chi connectivity index (χ3n) is 2.33. The van der Waals surface area contributed by atoms with E-state index in [1.807, 2.05) is 0 Å². The van der Waals surface area contributed by atoms with Crippen LogP contribution in [-0.4, -0.2) is 17.6 Å². The fraction of sp³-hybridized carbons (Fsp3) is 0.700. The Balaban J connectivity index is 2.32. The molecule has 3 nitrogen and oxygen atoms in total. The van der Waals surface area contributed by atoms with Gasteiger partial charge in [0.25, 0.3) is 5.91 Å². The second kappa shape index (κ2) is 4.90. The molecule has 1 atom stereocenters. The lowest BCUT2D eigenvalue weighted by Gasteiger charge is -2.18. The standard InChI is InChI=1S/C10H17NO2/c1-2-3-4-5-8-6-9(12)10(13)11-7-8/h6,8,12H,2-5,7H2,1H3,(H,11,13). The van der Waals surface area contributed by atoms with Crippen molar-refractivity contribution in [2.24, 2.45) is 5.92 Å². The normalized spacial score (nSPS) is 22.4. The topological polar surface area (TPSA) is 49.3 Å². The lowest BCUT2D eigenvalue weighted by atomic mass is 9.98. The lowest BCUT2D eigenvalue weighted by molar-refractivity contribution is -0.120. The molecular formula is C10H17NO2. The van der Waals surface area contributed by atoms with Crippen LogP contribution in [0.5, 0.6) is 0 Å². The van der Waals surface area contributed by atoms with Gasteiger partial charge < -0.3 is 10.4 Å². The van der Waals surface area contributed by atoms with E-state index in [1.165, 1.54) is 19.3 Å². The Hall–Kier alpha value is -0.990. The number of rotatable bonds is 4. The average Bonchev–Trinajstić information content (AvgIpc) is 2.12. The van der Waals surface area contributed by atoms with Crippen LogP contribution >= 0.6 is 0 Å². The maximum Gasteiger partial charge on any atom is 0.285 e. The highest BCUT2D eigenvalue weighted by atomic mass is 16.3. The Kier molecular flexibility index (Phi) is 3.80. The number of aliphatic hydroxyl groups excluding tert-OH is 1. The SMILES string of the molecule is CCCCCC1C=C(O)C(=O)NC1. The minimum atomic E-state index is -0.341. The molecule has 0 aromatic carbocycles. The van der Waals surface area contributed by atoms with Gasteiger partial charge in [0, 0.05) is 6.54 Å². The van der Waals surface area contributed by atoms with Gasteiger partial charge in [-0.2, -0.15) is 0 Å². The molecule has 0 fully saturated rings. The van der Waals surface area contributed by atoms with E-state index in [1.54, 1.807) is 6.08 Å². The highest BCUT2D eigenvalue weighted by Gasteiger charge is 2.18. The molecule has 74 valence electrons. The van der Waals surface area contributed by atoms with Crippen molar-refractivity contribution in [2.75, 3.05) is 6.54 Å². The summed E-state index contributed by atoms with van der Waals surface area (Å²) in [6, 6.07) is 0. The van der Waals surface area contributed by atoms with Gasteiger partial charge in [0.05, 0.1) is 0 Å². The highest BCUT2D eigenvalue weighted by Crippen LogP contribution is 2.15. The van der Waals surface area contributed by atoms with Gasteiger partial charge >= 0.3 is 0 Å². The van der Waals surface area contributed by atoms with Gasteiger partial charge in [-0.1, -0.05) is 26.2 Å². The van der Waals surface area contributed by atoms with E-state index in [2.05, 4.69) is 12.2 Å². The summed E-state index contributed by atoms with van der Waals surface area (Å²) in [4.78, 5) is 10.8. The van der Waals surface area contributed by atoms with E-state index in [0.717, 1.165) is 6.42 Å². The molecule has 1 unspecified atom stereocenters. The maximum absolute atomic E-state index is 10.8. The number of carbonyl (C=O) groups excluding carboxylic acids is 1. The molecule has 0 bridgehead atoms. The summed E-state index contributed by atoms with van der Waals surface area (Å²) in [6.07, 6.45) is 6.32. The molecule has 0 aromatic heterocycles. The number of hydrogen-bond acceptors (Lipinski definition) is 2. The predicted octanol–water partition coefficient (Wildman–Crippen LogP) is 1.75. The predicted molar refractivity (Wildman–Crippen MR) is 51.4 cm³/mol. The minimum Gasteiger partial charge on any atom is -0.503 e. The van der Waals surface area contributed by atoms with Crippen LogP contribution in [0.3, 0.4) is 0 Å². The summed E-state index contributed by atoms with van der Waals surface area (Å²) in [6.45, 7) is 2.84. The van der Waals surface area contributed by atoms with Crippen molar-refractivity contribution < 1.29 is 9.90 Å². The summed E-state index contributed by atoms with van der Waals surface area (Å²) >= 11 is 0. The molecule has 1 amide bonds. The van der Waals surface area contributed by atoms with Crippen molar-refractivity contribution in [3.8, 4) is 0 Å². The van der Waals surface area contributed by atoms with Crippen LogP contribution in [0, 0.1) is 5.92 Å². The van der Waals surface area contributed by atoms with Gasteiger partial charge in [-0.3, -0.25) is 4.79 Å². The molecule has 13 heavy (non-hydrogen) atoms. The maximum atomic E-state index is 10.8. The molecule has 3 heteroatoms. The largest absolute Gasteiger partial charge is 0.503 e. The zero-order valence-corrected chi connectivity index (χ0v) is 8.05. The summed E-state index contributed by atoms with van der Waals surface area (Å²) < 4.78 is 0. The summed E-state index contributed by atoms with van der Waals surface area (Å²) in [7, 11) is 0. The lowest BCUT2D eigenvalue weighted by Crippen LogP contribution is -2.34. The third kappa shape index (κ3) is 3.09. The Labute approximate surface area is 78.8 Å². The van der Waals surface area contributed by atoms with Crippen molar-refractivity contribution in [1.82, 2.24) is 5.32 Å². The number of amides is 1. The molecule has 0 saturated heterocycles. The first-order chi connectivity index (χ1) is 6.24. The fourth-order valence-electron chi connectivity index (χ4n) is 1.51. The molecule has 0 radical (unpaired) electrons. The van der Waals surface area contributed by atoms with E-state index in [0.29, 0.717) is 12.5 Å². The van der Waals surface area contributed by atoms with Gasteiger partial charge in [0.2, 0.25) is 0 Å². The molecule has 0 spiro atoms. The van der Waals surface area contributed by atoms with Crippen molar-refractivity contribution in [2.45, 2.75) is 32.6 Å². The van der Waals surface area contributed by atoms with Crippen LogP contribution < -0.4 is 5.32 Å². The molecule has 0 aromatic rings. The van der Waals surface area contributed by atoms with Crippen molar-refractivity contribution in [1.29, 1.82) is 0 Å². The summed E-state index contributed by atoms with van der Waals surface area (Å²) in [5, 5.41) is 11.8. The van der Waals surface area contributed by atoms with E-state index in [4.69, 9.17) is 5.11 Å². The first-order valence-corrected chi connectivity index (χ1v) is 4.93. The Bertz CT molecular complexity index is 211. The van der Waals surface area contributed by atoms with E-state index in [-0.39, 0.29) is 11.7 Å². The molecule has 1 aliphatic rings. The Morgan fingerprint density at radius 3 is 3.00 bits per heavy atom. The van der Waals surface area contributed by atoms with Crippen LogP contribution in [0.2, 0.25) is 0 Å². The minimum absolute atomic E-state index is 0.118.